The lowest BCUT2D eigenvalue weighted by atomic mass is 9.74. The third-order valence-corrected chi connectivity index (χ3v) is 5.85. The molecule has 2 aliphatic rings. The third kappa shape index (κ3) is 2.18. The van der Waals surface area contributed by atoms with E-state index in [9.17, 15) is 4.79 Å². The maximum atomic E-state index is 13.2. The molecule has 1 fully saturated rings. The highest BCUT2D eigenvalue weighted by molar-refractivity contribution is 7.10. The smallest absolute Gasteiger partial charge is 0.323 e. The van der Waals surface area contributed by atoms with Gasteiger partial charge in [0.25, 0.3) is 0 Å². The average molecular weight is 340 g/mol. The monoisotopic (exact) mass is 340 g/mol. The lowest BCUT2D eigenvalue weighted by molar-refractivity contribution is -0.149. The molecule has 0 aliphatic carbocycles. The Kier molecular flexibility index (Phi) is 3.88. The van der Waals surface area contributed by atoms with Gasteiger partial charge in [-0.2, -0.15) is 0 Å². The largest absolute Gasteiger partial charge is 0.465 e. The molecule has 4 rings (SSSR count). The highest BCUT2D eigenvalue weighted by Crippen LogP contribution is 2.54. The van der Waals surface area contributed by atoms with Crippen molar-refractivity contribution in [2.24, 2.45) is 0 Å². The predicted molar refractivity (Wildman–Crippen MR) is 93.6 cm³/mol. The second-order valence-electron chi connectivity index (χ2n) is 6.18. The van der Waals surface area contributed by atoms with Crippen molar-refractivity contribution in [2.45, 2.75) is 31.2 Å². The third-order valence-electron chi connectivity index (χ3n) is 4.92. The summed E-state index contributed by atoms with van der Waals surface area (Å²) in [6.45, 7) is 3.23. The average Bonchev–Trinajstić information content (AvgIpc) is 3.31. The van der Waals surface area contributed by atoms with Crippen LogP contribution in [0, 0.1) is 0 Å². The Morgan fingerprint density at radius 2 is 2.25 bits per heavy atom. The van der Waals surface area contributed by atoms with Crippen molar-refractivity contribution in [1.82, 2.24) is 9.88 Å². The van der Waals surface area contributed by atoms with Crippen LogP contribution in [0.15, 0.2) is 53.8 Å². The van der Waals surface area contributed by atoms with E-state index in [2.05, 4.69) is 33.5 Å². The number of esters is 1. The first-order valence-electron chi connectivity index (χ1n) is 8.37. The van der Waals surface area contributed by atoms with Crippen LogP contribution in [0.2, 0.25) is 0 Å². The van der Waals surface area contributed by atoms with Gasteiger partial charge in [0.15, 0.2) is 0 Å². The second kappa shape index (κ2) is 6.06. The Morgan fingerprint density at radius 1 is 1.42 bits per heavy atom. The van der Waals surface area contributed by atoms with E-state index < -0.39 is 5.41 Å². The lowest BCUT2D eigenvalue weighted by Gasteiger charge is -2.36. The highest BCUT2D eigenvalue weighted by Gasteiger charge is 2.56. The van der Waals surface area contributed by atoms with Gasteiger partial charge in [-0.25, -0.2) is 0 Å². The summed E-state index contributed by atoms with van der Waals surface area (Å²) in [5, 5.41) is 2.08. The molecule has 0 N–H and O–H groups in total. The molecule has 2 aliphatic heterocycles. The molecule has 124 valence electrons. The molecule has 24 heavy (non-hydrogen) atoms. The van der Waals surface area contributed by atoms with Crippen molar-refractivity contribution in [3.05, 3.63) is 64.3 Å². The van der Waals surface area contributed by atoms with Gasteiger partial charge in [-0.05, 0) is 55.0 Å². The molecular weight excluding hydrogens is 320 g/mol. The standard InChI is InChI=1S/C19H20N2O2S/c1-2-23-18(22)19(14-7-9-20-10-8-14)13-15-5-3-11-21(15)17(19)16-6-4-12-24-16/h4,6-10,12-13,17H,2-3,5,11H2,1H3. The van der Waals surface area contributed by atoms with Crippen LogP contribution >= 0.6 is 11.3 Å². The van der Waals surface area contributed by atoms with Crippen LogP contribution in [0.25, 0.3) is 0 Å². The van der Waals surface area contributed by atoms with Gasteiger partial charge in [0.2, 0.25) is 0 Å². The van der Waals surface area contributed by atoms with Gasteiger partial charge in [-0.15, -0.1) is 11.3 Å². The van der Waals surface area contributed by atoms with Crippen molar-refractivity contribution >= 4 is 17.3 Å². The van der Waals surface area contributed by atoms with Crippen LogP contribution in [-0.2, 0) is 14.9 Å². The molecule has 2 aromatic rings. The van der Waals surface area contributed by atoms with Crippen LogP contribution in [0.1, 0.15) is 36.2 Å². The number of fused-ring (bicyclic) bond motifs is 1. The van der Waals surface area contributed by atoms with Crippen LogP contribution in [0.4, 0.5) is 0 Å². The zero-order chi connectivity index (χ0) is 16.6. The number of pyridine rings is 1. The Balaban J connectivity index is 1.93. The van der Waals surface area contributed by atoms with Crippen LogP contribution in [0.5, 0.6) is 0 Å². The molecule has 0 bridgehead atoms. The second-order valence-corrected chi connectivity index (χ2v) is 7.16. The number of carbonyl (C=O) groups excluding carboxylic acids is 1. The number of ether oxygens (including phenoxy) is 1. The minimum atomic E-state index is -0.792. The number of thiophene rings is 1. The molecule has 0 spiro atoms. The predicted octanol–water partition coefficient (Wildman–Crippen LogP) is 3.68. The number of rotatable bonds is 4. The molecular formula is C19H20N2O2S. The van der Waals surface area contributed by atoms with Crippen molar-refractivity contribution in [3.8, 4) is 0 Å². The number of carbonyl (C=O) groups is 1. The minimum absolute atomic E-state index is 0.0311. The van der Waals surface area contributed by atoms with Crippen molar-refractivity contribution in [2.75, 3.05) is 13.2 Å². The fourth-order valence-electron chi connectivity index (χ4n) is 3.99. The van der Waals surface area contributed by atoms with E-state index in [1.165, 1.54) is 10.6 Å². The molecule has 0 saturated carbocycles. The Bertz CT molecular complexity index is 757. The normalized spacial score (nSPS) is 25.5. The van der Waals surface area contributed by atoms with Gasteiger partial charge in [0.1, 0.15) is 5.41 Å². The molecule has 2 atom stereocenters. The summed E-state index contributed by atoms with van der Waals surface area (Å²) in [5.74, 6) is -0.170. The van der Waals surface area contributed by atoms with E-state index in [1.54, 1.807) is 23.7 Å². The topological polar surface area (TPSA) is 42.4 Å². The first kappa shape index (κ1) is 15.4. The highest BCUT2D eigenvalue weighted by atomic mass is 32.1. The number of hydrogen-bond donors (Lipinski definition) is 0. The van der Waals surface area contributed by atoms with Gasteiger partial charge >= 0.3 is 5.97 Å². The first-order valence-corrected chi connectivity index (χ1v) is 9.25. The molecule has 2 aromatic heterocycles. The molecule has 5 heteroatoms. The lowest BCUT2D eigenvalue weighted by Crippen LogP contribution is -2.43. The van der Waals surface area contributed by atoms with E-state index in [-0.39, 0.29) is 12.0 Å². The summed E-state index contributed by atoms with van der Waals surface area (Å²) >= 11 is 1.70. The van der Waals surface area contributed by atoms with Gasteiger partial charge in [-0.1, -0.05) is 6.07 Å². The first-order chi connectivity index (χ1) is 11.8. The van der Waals surface area contributed by atoms with Gasteiger partial charge < -0.3 is 9.64 Å². The van der Waals surface area contributed by atoms with Crippen molar-refractivity contribution < 1.29 is 9.53 Å². The number of hydrogen-bond acceptors (Lipinski definition) is 5. The van der Waals surface area contributed by atoms with Gasteiger partial charge in [0.05, 0.1) is 12.6 Å². The summed E-state index contributed by atoms with van der Waals surface area (Å²) < 4.78 is 5.55. The number of nitrogens with zero attached hydrogens (tertiary/aromatic N) is 2. The molecule has 4 nitrogen and oxygen atoms in total. The van der Waals surface area contributed by atoms with Crippen molar-refractivity contribution in [3.63, 3.8) is 0 Å². The molecule has 1 saturated heterocycles. The summed E-state index contributed by atoms with van der Waals surface area (Å²) in [6, 6.07) is 8.03. The molecule has 2 unspecified atom stereocenters. The van der Waals surface area contributed by atoms with E-state index in [1.807, 2.05) is 19.1 Å². The zero-order valence-electron chi connectivity index (χ0n) is 13.6. The molecule has 0 aromatic carbocycles. The van der Waals surface area contributed by atoms with Crippen LogP contribution < -0.4 is 0 Å². The quantitative estimate of drug-likeness (QED) is 0.796. The summed E-state index contributed by atoms with van der Waals surface area (Å²) in [7, 11) is 0. The van der Waals surface area contributed by atoms with Gasteiger partial charge in [0, 0.05) is 29.5 Å². The van der Waals surface area contributed by atoms with E-state index in [0.717, 1.165) is 24.9 Å². The van der Waals surface area contributed by atoms with E-state index in [0.29, 0.717) is 6.61 Å². The molecule has 0 radical (unpaired) electrons. The van der Waals surface area contributed by atoms with Crippen LogP contribution in [0.3, 0.4) is 0 Å². The number of aromatic nitrogens is 1. The fraction of sp³-hybridized carbons (Fsp3) is 0.368. The Morgan fingerprint density at radius 3 is 2.96 bits per heavy atom. The van der Waals surface area contributed by atoms with Crippen molar-refractivity contribution in [1.29, 1.82) is 0 Å². The Labute approximate surface area is 145 Å². The summed E-state index contributed by atoms with van der Waals surface area (Å²) in [6.07, 6.45) is 7.82. The van der Waals surface area contributed by atoms with E-state index >= 15 is 0 Å². The van der Waals surface area contributed by atoms with Crippen LogP contribution in [-0.4, -0.2) is 29.0 Å². The summed E-state index contributed by atoms with van der Waals surface area (Å²) in [5.41, 5.74) is 1.43. The maximum absolute atomic E-state index is 13.2. The number of allylic oxidation sites excluding steroid dienone is 1. The zero-order valence-corrected chi connectivity index (χ0v) is 14.5. The SMILES string of the molecule is CCOC(=O)C1(c2ccncc2)C=C2CCCN2C1c1cccs1. The molecule has 4 heterocycles. The minimum Gasteiger partial charge on any atom is -0.465 e. The van der Waals surface area contributed by atoms with E-state index in [4.69, 9.17) is 4.74 Å². The van der Waals surface area contributed by atoms with Gasteiger partial charge in [-0.3, -0.25) is 9.78 Å². The Hall–Kier alpha value is -2.14. The molecule has 0 amide bonds. The maximum Gasteiger partial charge on any atom is 0.323 e. The summed E-state index contributed by atoms with van der Waals surface area (Å²) in [4.78, 5) is 20.9. The fourth-order valence-corrected chi connectivity index (χ4v) is 4.90.